The zero-order valence-corrected chi connectivity index (χ0v) is 15.0. The van der Waals surface area contributed by atoms with Gasteiger partial charge in [-0.15, -0.1) is 0 Å². The molecule has 27 heavy (non-hydrogen) atoms. The molecule has 0 amide bonds. The Hall–Kier alpha value is -2.57. The minimum Gasteiger partial charge on any atom is -0.381 e. The predicted octanol–water partition coefficient (Wildman–Crippen LogP) is 3.60. The maximum atomic E-state index is 13.3. The summed E-state index contributed by atoms with van der Waals surface area (Å²) in [4.78, 5) is 4.50. The van der Waals surface area contributed by atoms with Gasteiger partial charge in [0.1, 0.15) is 5.82 Å². The fourth-order valence-electron chi connectivity index (χ4n) is 3.51. The van der Waals surface area contributed by atoms with Gasteiger partial charge in [-0.2, -0.15) is 4.98 Å². The van der Waals surface area contributed by atoms with E-state index in [1.54, 1.807) is 0 Å². The van der Waals surface area contributed by atoms with Gasteiger partial charge < -0.3 is 9.26 Å². The molecule has 2 heterocycles. The third-order valence-electron chi connectivity index (χ3n) is 5.04. The lowest BCUT2D eigenvalue weighted by molar-refractivity contribution is 0.0354. The van der Waals surface area contributed by atoms with E-state index in [0.717, 1.165) is 24.0 Å². The van der Waals surface area contributed by atoms with Gasteiger partial charge >= 0.3 is 0 Å². The summed E-state index contributed by atoms with van der Waals surface area (Å²) in [5, 5.41) is 7.67. The number of nitrogens with zero attached hydrogens (tertiary/aromatic N) is 2. The molecule has 1 aromatic heterocycles. The van der Waals surface area contributed by atoms with Crippen LogP contribution in [-0.2, 0) is 23.2 Å². The van der Waals surface area contributed by atoms with E-state index in [0.29, 0.717) is 37.9 Å². The van der Waals surface area contributed by atoms with Crippen molar-refractivity contribution in [3.05, 3.63) is 83.3 Å². The maximum absolute atomic E-state index is 13.3. The molecule has 1 saturated heterocycles. The summed E-state index contributed by atoms with van der Waals surface area (Å²) in [6.45, 7) is 1.81. The molecule has 0 aliphatic carbocycles. The Kier molecular flexibility index (Phi) is 5.27. The van der Waals surface area contributed by atoms with E-state index >= 15 is 0 Å². The smallest absolute Gasteiger partial charge is 0.231 e. The molecule has 5 nitrogen and oxygen atoms in total. The van der Waals surface area contributed by atoms with Crippen molar-refractivity contribution < 1.29 is 13.7 Å². The Morgan fingerprint density at radius 2 is 1.74 bits per heavy atom. The number of ether oxygens (including phenoxy) is 1. The van der Waals surface area contributed by atoms with Crippen LogP contribution >= 0.6 is 0 Å². The predicted molar refractivity (Wildman–Crippen MR) is 98.5 cm³/mol. The van der Waals surface area contributed by atoms with E-state index in [1.165, 1.54) is 12.1 Å². The summed E-state index contributed by atoms with van der Waals surface area (Å²) in [7, 11) is 0. The maximum Gasteiger partial charge on any atom is 0.231 e. The molecule has 3 aromatic rings. The molecular formula is C21H22FN3O2. The zero-order valence-electron chi connectivity index (χ0n) is 15.0. The largest absolute Gasteiger partial charge is 0.381 e. The lowest BCUT2D eigenvalue weighted by Gasteiger charge is -2.38. The minimum absolute atomic E-state index is 0.232. The number of hydrogen-bond donors (Lipinski definition) is 1. The van der Waals surface area contributed by atoms with Crippen LogP contribution in [0.5, 0.6) is 0 Å². The van der Waals surface area contributed by atoms with Crippen molar-refractivity contribution in [1.82, 2.24) is 15.5 Å². The first kappa shape index (κ1) is 17.8. The van der Waals surface area contributed by atoms with Gasteiger partial charge in [-0.25, -0.2) is 4.39 Å². The van der Waals surface area contributed by atoms with Gasteiger partial charge in [0.15, 0.2) is 5.82 Å². The van der Waals surface area contributed by atoms with Gasteiger partial charge in [-0.05, 0) is 36.1 Å². The summed E-state index contributed by atoms with van der Waals surface area (Å²) < 4.78 is 24.2. The van der Waals surface area contributed by atoms with Crippen molar-refractivity contribution in [2.75, 3.05) is 13.2 Å². The monoisotopic (exact) mass is 367 g/mol. The molecule has 1 N–H and O–H groups in total. The molecule has 1 aliphatic rings. The second-order valence-electron chi connectivity index (χ2n) is 6.82. The van der Waals surface area contributed by atoms with Gasteiger partial charge in [0, 0.05) is 18.8 Å². The average molecular weight is 367 g/mol. The Balaban J connectivity index is 1.46. The minimum atomic E-state index is -0.272. The lowest BCUT2D eigenvalue weighted by Crippen LogP contribution is -2.46. The van der Waals surface area contributed by atoms with Crippen molar-refractivity contribution in [1.29, 1.82) is 0 Å². The van der Waals surface area contributed by atoms with Gasteiger partial charge in [-0.3, -0.25) is 5.32 Å². The summed E-state index contributed by atoms with van der Waals surface area (Å²) >= 11 is 0. The van der Waals surface area contributed by atoms with E-state index in [9.17, 15) is 4.39 Å². The van der Waals surface area contributed by atoms with Crippen molar-refractivity contribution in [2.45, 2.75) is 31.3 Å². The van der Waals surface area contributed by atoms with Crippen LogP contribution in [0.3, 0.4) is 0 Å². The van der Waals surface area contributed by atoms with Crippen LogP contribution in [0.15, 0.2) is 59.1 Å². The fourth-order valence-corrected chi connectivity index (χ4v) is 3.51. The first-order valence-electron chi connectivity index (χ1n) is 9.18. The highest BCUT2D eigenvalue weighted by molar-refractivity contribution is 5.26. The van der Waals surface area contributed by atoms with E-state index in [4.69, 9.17) is 9.26 Å². The van der Waals surface area contributed by atoms with Crippen LogP contribution in [0.2, 0.25) is 0 Å². The number of rotatable bonds is 6. The van der Waals surface area contributed by atoms with Crippen molar-refractivity contribution in [2.24, 2.45) is 0 Å². The molecule has 0 radical (unpaired) electrons. The summed E-state index contributed by atoms with van der Waals surface area (Å²) in [6, 6.07) is 16.7. The third-order valence-corrected chi connectivity index (χ3v) is 5.04. The van der Waals surface area contributed by atoms with Gasteiger partial charge in [0.05, 0.1) is 13.0 Å². The van der Waals surface area contributed by atoms with Gasteiger partial charge in [0.25, 0.3) is 0 Å². The number of nitrogens with one attached hydrogen (secondary N) is 1. The molecule has 6 heteroatoms. The molecule has 1 fully saturated rings. The first-order valence-corrected chi connectivity index (χ1v) is 9.18. The Morgan fingerprint density at radius 1 is 1.00 bits per heavy atom. The third kappa shape index (κ3) is 4.23. The second kappa shape index (κ2) is 7.98. The molecule has 4 rings (SSSR count). The highest BCUT2D eigenvalue weighted by Crippen LogP contribution is 2.32. The standard InChI is InChI=1S/C21H22FN3O2/c22-18-8-6-17(7-9-18)21(10-12-26-13-11-21)23-15-19-24-20(27-25-19)14-16-4-2-1-3-5-16/h1-9,23H,10-15H2. The molecular weight excluding hydrogens is 345 g/mol. The molecule has 140 valence electrons. The zero-order chi connectivity index (χ0) is 18.5. The van der Waals surface area contributed by atoms with E-state index in [2.05, 4.69) is 15.5 Å². The van der Waals surface area contributed by atoms with E-state index in [1.807, 2.05) is 42.5 Å². The molecule has 0 bridgehead atoms. The van der Waals surface area contributed by atoms with Crippen molar-refractivity contribution in [3.8, 4) is 0 Å². The van der Waals surface area contributed by atoms with Crippen molar-refractivity contribution >= 4 is 0 Å². The molecule has 1 aliphatic heterocycles. The Morgan fingerprint density at radius 3 is 2.48 bits per heavy atom. The summed E-state index contributed by atoms with van der Waals surface area (Å²) in [6.07, 6.45) is 2.24. The van der Waals surface area contributed by atoms with Crippen LogP contribution in [0, 0.1) is 5.82 Å². The number of benzene rings is 2. The SMILES string of the molecule is Fc1ccc(C2(NCc3noc(Cc4ccccc4)n3)CCOCC2)cc1. The molecule has 0 unspecified atom stereocenters. The number of aromatic nitrogens is 2. The van der Waals surface area contributed by atoms with Crippen LogP contribution in [0.25, 0.3) is 0 Å². The highest BCUT2D eigenvalue weighted by Gasteiger charge is 2.34. The Bertz CT molecular complexity index is 859. The normalized spacial score (nSPS) is 16.3. The van der Waals surface area contributed by atoms with Crippen LogP contribution < -0.4 is 5.32 Å². The molecule has 2 aromatic carbocycles. The van der Waals surface area contributed by atoms with Crippen LogP contribution in [0.1, 0.15) is 35.7 Å². The summed E-state index contributed by atoms with van der Waals surface area (Å²) in [5.74, 6) is 0.986. The molecule has 0 atom stereocenters. The lowest BCUT2D eigenvalue weighted by atomic mass is 9.82. The van der Waals surface area contributed by atoms with Crippen LogP contribution in [0.4, 0.5) is 4.39 Å². The van der Waals surface area contributed by atoms with Gasteiger partial charge in [0.2, 0.25) is 5.89 Å². The molecule has 0 spiro atoms. The Labute approximate surface area is 157 Å². The second-order valence-corrected chi connectivity index (χ2v) is 6.82. The highest BCUT2D eigenvalue weighted by atomic mass is 19.1. The molecule has 0 saturated carbocycles. The van der Waals surface area contributed by atoms with Crippen LogP contribution in [-0.4, -0.2) is 23.4 Å². The van der Waals surface area contributed by atoms with Gasteiger partial charge in [-0.1, -0.05) is 47.6 Å². The summed E-state index contributed by atoms with van der Waals surface area (Å²) in [5.41, 5.74) is 1.92. The average Bonchev–Trinajstić information content (AvgIpc) is 3.16. The quantitative estimate of drug-likeness (QED) is 0.721. The fraction of sp³-hybridized carbons (Fsp3) is 0.333. The first-order chi connectivity index (χ1) is 13.2. The topological polar surface area (TPSA) is 60.2 Å². The number of hydrogen-bond acceptors (Lipinski definition) is 5. The van der Waals surface area contributed by atoms with E-state index in [-0.39, 0.29) is 11.4 Å². The van der Waals surface area contributed by atoms with Crippen molar-refractivity contribution in [3.63, 3.8) is 0 Å². The van der Waals surface area contributed by atoms with E-state index < -0.39 is 0 Å². The number of halogens is 1.